The van der Waals surface area contributed by atoms with Gasteiger partial charge in [-0.05, 0) is 133 Å². The van der Waals surface area contributed by atoms with Crippen LogP contribution >= 0.6 is 0 Å². The number of carboxylic acid groups (broad SMARTS) is 1. The molecule has 5 aliphatic rings. The molecule has 0 heterocycles. The second-order valence-corrected chi connectivity index (χ2v) is 16.6. The van der Waals surface area contributed by atoms with Crippen molar-refractivity contribution in [3.05, 3.63) is 0 Å². The summed E-state index contributed by atoms with van der Waals surface area (Å²) in [6, 6.07) is 0. The number of hydrogen-bond donors (Lipinski definition) is 1. The van der Waals surface area contributed by atoms with E-state index in [0.717, 1.165) is 36.5 Å². The summed E-state index contributed by atoms with van der Waals surface area (Å²) < 4.78 is 6.12. The van der Waals surface area contributed by atoms with Crippen molar-refractivity contribution in [2.75, 3.05) is 14.1 Å². The molecule has 222 valence electrons. The van der Waals surface area contributed by atoms with Crippen LogP contribution in [0.5, 0.6) is 0 Å². The van der Waals surface area contributed by atoms with E-state index in [-0.39, 0.29) is 29.3 Å². The second-order valence-electron chi connectivity index (χ2n) is 16.6. The first-order chi connectivity index (χ1) is 18.1. The van der Waals surface area contributed by atoms with Crippen LogP contribution in [0.25, 0.3) is 0 Å². The van der Waals surface area contributed by atoms with Gasteiger partial charge in [-0.1, -0.05) is 40.5 Å². The maximum atomic E-state index is 12.9. The van der Waals surface area contributed by atoms with Crippen LogP contribution in [-0.4, -0.2) is 47.7 Å². The number of carbonyl (C=O) groups is 2. The Hall–Kier alpha value is -1.10. The third-order valence-corrected chi connectivity index (χ3v) is 14.0. The number of carboxylic acids is 1. The Bertz CT molecular complexity index is 972. The number of aliphatic carboxylic acids is 1. The Balaban J connectivity index is 1.35. The molecule has 9 unspecified atom stereocenters. The highest BCUT2D eigenvalue weighted by atomic mass is 16.5. The number of rotatable bonds is 5. The summed E-state index contributed by atoms with van der Waals surface area (Å²) in [6.45, 7) is 13.2. The van der Waals surface area contributed by atoms with Gasteiger partial charge in [0, 0.05) is 11.0 Å². The minimum atomic E-state index is -1.10. The van der Waals surface area contributed by atoms with Crippen molar-refractivity contribution < 1.29 is 19.4 Å². The molecule has 5 aliphatic carbocycles. The third-order valence-electron chi connectivity index (χ3n) is 14.0. The number of esters is 1. The molecule has 0 bridgehead atoms. The van der Waals surface area contributed by atoms with Gasteiger partial charge in [0.05, 0.1) is 11.8 Å². The van der Waals surface area contributed by atoms with Crippen LogP contribution < -0.4 is 0 Å². The predicted molar refractivity (Wildman–Crippen MR) is 155 cm³/mol. The molecule has 39 heavy (non-hydrogen) atoms. The van der Waals surface area contributed by atoms with Gasteiger partial charge < -0.3 is 14.7 Å². The zero-order valence-electron chi connectivity index (χ0n) is 26.3. The average Bonchev–Trinajstić information content (AvgIpc) is 2.84. The Morgan fingerprint density at radius 1 is 0.821 bits per heavy atom. The summed E-state index contributed by atoms with van der Waals surface area (Å²) in [5.74, 6) is 2.55. The lowest BCUT2D eigenvalue weighted by Gasteiger charge is -2.70. The zero-order chi connectivity index (χ0) is 28.6. The van der Waals surface area contributed by atoms with Crippen molar-refractivity contribution in [3.8, 4) is 0 Å². The number of ether oxygens (including phenoxy) is 1. The number of hydrogen-bond acceptors (Lipinski definition) is 4. The zero-order valence-corrected chi connectivity index (χ0v) is 26.3. The highest BCUT2D eigenvalue weighted by Gasteiger charge is 2.66. The molecule has 0 radical (unpaired) electrons. The third kappa shape index (κ3) is 4.41. The molecule has 1 N–H and O–H groups in total. The van der Waals surface area contributed by atoms with Gasteiger partial charge in [-0.25, -0.2) is 0 Å². The lowest BCUT2D eigenvalue weighted by atomic mass is 9.36. The summed E-state index contributed by atoms with van der Waals surface area (Å²) in [5, 5.41) is 9.50. The summed E-state index contributed by atoms with van der Waals surface area (Å²) in [7, 11) is 4.71. The fourth-order valence-electron chi connectivity index (χ4n) is 11.9. The molecule has 0 spiro atoms. The van der Waals surface area contributed by atoms with Gasteiger partial charge in [-0.2, -0.15) is 0 Å². The fourth-order valence-corrected chi connectivity index (χ4v) is 11.9. The van der Waals surface area contributed by atoms with Crippen molar-refractivity contribution in [3.63, 3.8) is 0 Å². The molecular weight excluding hydrogens is 486 g/mol. The van der Waals surface area contributed by atoms with Gasteiger partial charge in [-0.3, -0.25) is 9.59 Å². The molecule has 0 aromatic rings. The predicted octanol–water partition coefficient (Wildman–Crippen LogP) is 7.57. The Morgan fingerprint density at radius 2 is 1.51 bits per heavy atom. The Kier molecular flexibility index (Phi) is 7.34. The lowest BCUT2D eigenvalue weighted by Crippen LogP contribution is -2.66. The van der Waals surface area contributed by atoms with E-state index in [0.29, 0.717) is 16.9 Å². The van der Waals surface area contributed by atoms with Crippen molar-refractivity contribution in [2.45, 2.75) is 137 Å². The molecule has 9 atom stereocenters. The molecule has 0 aliphatic heterocycles. The van der Waals surface area contributed by atoms with Crippen LogP contribution in [-0.2, 0) is 14.3 Å². The van der Waals surface area contributed by atoms with Crippen LogP contribution in [0.1, 0.15) is 125 Å². The topological polar surface area (TPSA) is 66.8 Å². The van der Waals surface area contributed by atoms with Crippen LogP contribution in [0, 0.1) is 51.2 Å². The highest BCUT2D eigenvalue weighted by Crippen LogP contribution is 2.72. The van der Waals surface area contributed by atoms with Crippen molar-refractivity contribution in [1.82, 2.24) is 4.90 Å². The van der Waals surface area contributed by atoms with E-state index in [1.807, 2.05) is 0 Å². The number of nitrogens with zero attached hydrogens (tertiary/aromatic N) is 1. The van der Waals surface area contributed by atoms with E-state index in [2.05, 4.69) is 46.7 Å². The van der Waals surface area contributed by atoms with Gasteiger partial charge in [0.1, 0.15) is 6.10 Å². The molecule has 5 rings (SSSR count). The van der Waals surface area contributed by atoms with Gasteiger partial charge in [0.25, 0.3) is 0 Å². The van der Waals surface area contributed by atoms with Crippen LogP contribution in [0.2, 0.25) is 0 Å². The summed E-state index contributed by atoms with van der Waals surface area (Å²) in [4.78, 5) is 27.1. The molecule has 5 fully saturated rings. The molecule has 5 nitrogen and oxygen atoms in total. The van der Waals surface area contributed by atoms with E-state index < -0.39 is 11.4 Å². The van der Waals surface area contributed by atoms with Crippen molar-refractivity contribution in [1.29, 1.82) is 0 Å². The molecule has 0 aromatic heterocycles. The van der Waals surface area contributed by atoms with Crippen molar-refractivity contribution in [2.24, 2.45) is 51.2 Å². The highest BCUT2D eigenvalue weighted by molar-refractivity contribution is 5.81. The lowest BCUT2D eigenvalue weighted by molar-refractivity contribution is -0.225. The van der Waals surface area contributed by atoms with Crippen LogP contribution in [0.4, 0.5) is 0 Å². The first-order valence-electron chi connectivity index (χ1n) is 16.2. The molecule has 0 aromatic carbocycles. The molecular formula is C34H57NO4. The minimum absolute atomic E-state index is 0.0732. The molecule has 0 saturated heterocycles. The van der Waals surface area contributed by atoms with E-state index in [1.54, 1.807) is 13.8 Å². The fraction of sp³-hybridized carbons (Fsp3) is 0.941. The smallest absolute Gasteiger partial charge is 0.309 e. The first kappa shape index (κ1) is 29.4. The molecule has 5 heteroatoms. The summed E-state index contributed by atoms with van der Waals surface area (Å²) in [5.41, 5.74) is -0.0895. The molecule has 5 saturated carbocycles. The summed E-state index contributed by atoms with van der Waals surface area (Å²) in [6.07, 6.45) is 15.5. The SMILES string of the molecule is CN(C)C12CCCCC1C1CCC3C(C)(CCC4C(C)(C)C(OC(=O)CC(C)(C)C(=O)O)CCC43C)C1CC2. The Labute approximate surface area is 238 Å². The van der Waals surface area contributed by atoms with E-state index in [9.17, 15) is 14.7 Å². The van der Waals surface area contributed by atoms with E-state index >= 15 is 0 Å². The maximum Gasteiger partial charge on any atom is 0.309 e. The summed E-state index contributed by atoms with van der Waals surface area (Å²) >= 11 is 0. The Morgan fingerprint density at radius 3 is 2.18 bits per heavy atom. The minimum Gasteiger partial charge on any atom is -0.481 e. The first-order valence-corrected chi connectivity index (χ1v) is 16.2. The van der Waals surface area contributed by atoms with Crippen LogP contribution in [0.15, 0.2) is 0 Å². The quantitative estimate of drug-likeness (QED) is 0.362. The number of carbonyl (C=O) groups excluding carboxylic acids is 1. The maximum absolute atomic E-state index is 12.9. The second kappa shape index (κ2) is 9.73. The largest absolute Gasteiger partial charge is 0.481 e. The van der Waals surface area contributed by atoms with Crippen LogP contribution in [0.3, 0.4) is 0 Å². The van der Waals surface area contributed by atoms with Gasteiger partial charge >= 0.3 is 11.9 Å². The van der Waals surface area contributed by atoms with Gasteiger partial charge in [0.15, 0.2) is 0 Å². The van der Waals surface area contributed by atoms with E-state index in [1.165, 1.54) is 64.2 Å². The average molecular weight is 544 g/mol. The number of fused-ring (bicyclic) bond motifs is 7. The van der Waals surface area contributed by atoms with Crippen molar-refractivity contribution >= 4 is 11.9 Å². The van der Waals surface area contributed by atoms with Gasteiger partial charge in [0.2, 0.25) is 0 Å². The molecule has 0 amide bonds. The van der Waals surface area contributed by atoms with E-state index in [4.69, 9.17) is 4.74 Å². The monoisotopic (exact) mass is 543 g/mol. The standard InChI is InChI=1S/C34H57NO4/c1-30(2,29(37)38)21-28(36)39-27-16-19-33(6)25(31(27,3)4)15-18-32(5)23-14-20-34(35(7)8)17-10-9-11-24(34)22(23)12-13-26(32)33/h22-27H,9-21H2,1-8H3,(H,37,38). The van der Waals surface area contributed by atoms with Gasteiger partial charge in [-0.15, -0.1) is 0 Å². The normalized spacial score (nSPS) is 45.4.